The van der Waals surface area contributed by atoms with Gasteiger partial charge in [-0.2, -0.15) is 21.2 Å². The van der Waals surface area contributed by atoms with Crippen molar-refractivity contribution < 1.29 is 28.1 Å². The molecule has 0 spiro atoms. The molecule has 1 aromatic rings. The van der Waals surface area contributed by atoms with Gasteiger partial charge >= 0.3 is 5.97 Å². The van der Waals surface area contributed by atoms with Crippen molar-refractivity contribution >= 4 is 32.7 Å². The van der Waals surface area contributed by atoms with E-state index in [1.807, 2.05) is 12.1 Å². The molecule has 0 bridgehead atoms. The number of hydrogen-bond acceptors (Lipinski definition) is 8. The Hall–Kier alpha value is -1.15. The summed E-state index contributed by atoms with van der Waals surface area (Å²) in [5, 5.41) is 13.9. The number of rotatable bonds is 9. The highest BCUT2D eigenvalue weighted by atomic mass is 32.3. The summed E-state index contributed by atoms with van der Waals surface area (Å²) in [7, 11) is -4.82. The van der Waals surface area contributed by atoms with Gasteiger partial charge in [0, 0.05) is 51.4 Å². The van der Waals surface area contributed by atoms with E-state index in [1.54, 1.807) is 12.1 Å². The summed E-state index contributed by atoms with van der Waals surface area (Å²) < 4.78 is 41.2. The molecule has 9 nitrogen and oxygen atoms in total. The molecular formula is C46H75N3O6S2. The highest BCUT2D eigenvalue weighted by Crippen LogP contribution is 2.76. The highest BCUT2D eigenvalue weighted by molar-refractivity contribution is 8.24. The number of nitrogens with one attached hydrogen (secondary N) is 1. The fourth-order valence-corrected chi connectivity index (χ4v) is 18.0. The van der Waals surface area contributed by atoms with Gasteiger partial charge in [-0.25, -0.2) is 4.79 Å². The smallest absolute Gasteiger partial charge is 0.335 e. The Morgan fingerprint density at radius 3 is 2.05 bits per heavy atom. The second-order valence-electron chi connectivity index (χ2n) is 21.4. The first-order chi connectivity index (χ1) is 26.7. The molecule has 10 atom stereocenters. The summed E-state index contributed by atoms with van der Waals surface area (Å²) in [5.74, 6) is 4.79. The second-order valence-corrected chi connectivity index (χ2v) is 26.3. The van der Waals surface area contributed by atoms with Crippen LogP contribution in [0, 0.1) is 57.2 Å². The molecule has 0 radical (unpaired) electrons. The van der Waals surface area contributed by atoms with E-state index >= 15 is 0 Å². The highest BCUT2D eigenvalue weighted by Gasteiger charge is 2.70. The average molecular weight is 830 g/mol. The molecule has 2 saturated heterocycles. The maximum atomic E-state index is 11.6. The van der Waals surface area contributed by atoms with Gasteiger partial charge in [0.05, 0.1) is 28.6 Å². The first-order valence-electron chi connectivity index (χ1n) is 22.5. The Labute approximate surface area is 346 Å². The summed E-state index contributed by atoms with van der Waals surface area (Å²) in [6.45, 7) is 21.6. The van der Waals surface area contributed by atoms with Crippen molar-refractivity contribution in [2.24, 2.45) is 57.2 Å². The predicted octanol–water partition coefficient (Wildman–Crippen LogP) is 9.57. The Morgan fingerprint density at radius 1 is 0.789 bits per heavy atom. The molecule has 4 saturated carbocycles. The number of benzene rings is 1. The summed E-state index contributed by atoms with van der Waals surface area (Å²) in [6, 6.07) is 7.59. The molecule has 2 aliphatic heterocycles. The molecule has 2 heterocycles. The standard InChI is InChI=1S/C46H75N3O6S2/c1-32(31-49-25-29-57(54,55)30-26-49)35-13-18-46(47-21-22-48-23-27-56(52,53)28-24-48)20-19-44(5)37(40(35)46)11-12-39-43(4)16-14-36(33-7-9-34(10-8-33)41(50)51)42(2,3)38(43)15-17-45(39,44)6/h7-10,14,32,35,37-40,47,52-55H,11-13,15-31H2,1-6H3,(H,50,51)/t32?,35-,37+,38-,39+,40+,43-,44+,45+,46-/m0/s1. The van der Waals surface area contributed by atoms with Crippen molar-refractivity contribution in [2.45, 2.75) is 105 Å². The van der Waals surface area contributed by atoms with Crippen molar-refractivity contribution in [1.82, 2.24) is 15.1 Å². The van der Waals surface area contributed by atoms with Gasteiger partial charge in [0.15, 0.2) is 0 Å². The van der Waals surface area contributed by atoms with E-state index in [2.05, 4.69) is 62.7 Å². The quantitative estimate of drug-likeness (QED) is 0.144. The molecule has 8 rings (SSSR count). The number of carbonyl (C=O) groups is 1. The second kappa shape index (κ2) is 15.0. The molecular weight excluding hydrogens is 755 g/mol. The molecule has 6 N–H and O–H groups in total. The summed E-state index contributed by atoms with van der Waals surface area (Å²) in [5.41, 5.74) is 3.70. The van der Waals surface area contributed by atoms with Crippen LogP contribution in [0.15, 0.2) is 30.3 Å². The van der Waals surface area contributed by atoms with Gasteiger partial charge in [-0.05, 0) is 138 Å². The van der Waals surface area contributed by atoms with E-state index in [1.165, 1.54) is 62.5 Å². The normalized spacial score (nSPS) is 43.0. The van der Waals surface area contributed by atoms with E-state index in [0.717, 1.165) is 52.2 Å². The van der Waals surface area contributed by atoms with Gasteiger partial charge in [0.25, 0.3) is 0 Å². The Balaban J connectivity index is 1.06. The lowest BCUT2D eigenvalue weighted by molar-refractivity contribution is -0.221. The minimum absolute atomic E-state index is 0.0123. The lowest BCUT2D eigenvalue weighted by atomic mass is 9.33. The maximum Gasteiger partial charge on any atom is 0.335 e. The lowest BCUT2D eigenvalue weighted by Gasteiger charge is -2.72. The molecule has 7 aliphatic rings. The first kappa shape index (κ1) is 42.5. The van der Waals surface area contributed by atoms with Crippen LogP contribution in [-0.2, 0) is 0 Å². The van der Waals surface area contributed by atoms with Crippen molar-refractivity contribution in [2.75, 3.05) is 68.8 Å². The molecule has 322 valence electrons. The third-order valence-electron chi connectivity index (χ3n) is 18.6. The lowest BCUT2D eigenvalue weighted by Crippen LogP contribution is -2.68. The van der Waals surface area contributed by atoms with Crippen molar-refractivity contribution in [3.8, 4) is 0 Å². The van der Waals surface area contributed by atoms with E-state index < -0.39 is 27.1 Å². The van der Waals surface area contributed by atoms with Crippen LogP contribution in [-0.4, -0.2) is 113 Å². The summed E-state index contributed by atoms with van der Waals surface area (Å²) >= 11 is 0. The number of aromatic carboxylic acids is 1. The van der Waals surface area contributed by atoms with Crippen LogP contribution in [0.3, 0.4) is 0 Å². The van der Waals surface area contributed by atoms with Crippen LogP contribution in [0.25, 0.3) is 5.57 Å². The zero-order valence-electron chi connectivity index (χ0n) is 35.8. The van der Waals surface area contributed by atoms with Crippen LogP contribution in [0.4, 0.5) is 0 Å². The minimum Gasteiger partial charge on any atom is -0.478 e. The fourth-order valence-electron chi connectivity index (χ4n) is 15.4. The largest absolute Gasteiger partial charge is 0.478 e. The third-order valence-corrected chi connectivity index (χ3v) is 22.0. The van der Waals surface area contributed by atoms with Gasteiger partial charge in [-0.1, -0.05) is 59.8 Å². The molecule has 6 fully saturated rings. The van der Waals surface area contributed by atoms with Crippen LogP contribution in [0.2, 0.25) is 0 Å². The molecule has 0 amide bonds. The minimum atomic E-state index is -2.42. The van der Waals surface area contributed by atoms with E-state index in [-0.39, 0.29) is 27.2 Å². The summed E-state index contributed by atoms with van der Waals surface area (Å²) in [6.07, 6.45) is 13.7. The van der Waals surface area contributed by atoms with Crippen molar-refractivity contribution in [3.05, 3.63) is 41.5 Å². The topological polar surface area (TPSA) is 137 Å². The van der Waals surface area contributed by atoms with E-state index in [9.17, 15) is 28.1 Å². The number of hydrogen-bond donors (Lipinski definition) is 6. The SMILES string of the molecule is CC(CN1CCS(O)(O)CC1)[C@@H]1CC[C@]2(NCCN3CCS(O)(O)CC3)CC[C@]3(C)[C@H](CC[C@@H]4[C@@]5(C)CC=C(c6ccc(C(=O)O)cc6)C(C)(C)[C@@H]5CC[C@]43C)[C@@H]12. The van der Waals surface area contributed by atoms with E-state index in [4.69, 9.17) is 0 Å². The molecule has 1 aromatic carbocycles. The Morgan fingerprint density at radius 2 is 1.42 bits per heavy atom. The monoisotopic (exact) mass is 830 g/mol. The Kier molecular flexibility index (Phi) is 11.2. The molecule has 0 aromatic heterocycles. The fraction of sp³-hybridized carbons (Fsp3) is 0.804. The number of allylic oxidation sites excluding steroid dienone is 2. The van der Waals surface area contributed by atoms with Gasteiger partial charge < -0.3 is 10.4 Å². The van der Waals surface area contributed by atoms with Gasteiger partial charge in [-0.15, -0.1) is 0 Å². The van der Waals surface area contributed by atoms with Crippen LogP contribution < -0.4 is 5.32 Å². The zero-order valence-corrected chi connectivity index (χ0v) is 37.5. The number of carboxylic acid groups (broad SMARTS) is 1. The Bertz CT molecular complexity index is 1680. The molecule has 11 heteroatoms. The van der Waals surface area contributed by atoms with E-state index in [0.29, 0.717) is 64.1 Å². The van der Waals surface area contributed by atoms with Gasteiger partial charge in [-0.3, -0.25) is 28.0 Å². The molecule has 1 unspecified atom stereocenters. The van der Waals surface area contributed by atoms with Gasteiger partial charge in [0.2, 0.25) is 0 Å². The molecule has 5 aliphatic carbocycles. The first-order valence-corrected chi connectivity index (χ1v) is 26.2. The van der Waals surface area contributed by atoms with Gasteiger partial charge in [0.1, 0.15) is 0 Å². The van der Waals surface area contributed by atoms with Crippen LogP contribution in [0.5, 0.6) is 0 Å². The van der Waals surface area contributed by atoms with Crippen LogP contribution in [0.1, 0.15) is 115 Å². The van der Waals surface area contributed by atoms with Crippen molar-refractivity contribution in [1.29, 1.82) is 0 Å². The number of fused-ring (bicyclic) bond motifs is 7. The van der Waals surface area contributed by atoms with Crippen molar-refractivity contribution in [3.63, 3.8) is 0 Å². The summed E-state index contributed by atoms with van der Waals surface area (Å²) in [4.78, 5) is 16.6. The number of nitrogens with zero attached hydrogens (tertiary/aromatic N) is 2. The zero-order chi connectivity index (χ0) is 40.8. The number of carboxylic acids is 1. The average Bonchev–Trinajstić information content (AvgIpc) is 3.53. The molecule has 57 heavy (non-hydrogen) atoms. The van der Waals surface area contributed by atoms with Crippen LogP contribution >= 0.6 is 21.2 Å². The maximum absolute atomic E-state index is 11.6. The third kappa shape index (κ3) is 7.30. The predicted molar refractivity (Wildman–Crippen MR) is 236 cm³/mol.